The molecule has 1 unspecified atom stereocenters. The molecule has 0 aromatic rings. The lowest BCUT2D eigenvalue weighted by Gasteiger charge is -2.17. The highest BCUT2D eigenvalue weighted by molar-refractivity contribution is 14.1. The largest absolute Gasteiger partial charge is 0.465 e. The second-order valence-corrected chi connectivity index (χ2v) is 8.44. The standard InChI is InChI=1S/C19H35F2IO2/c1-3-4-5-6-7-8-9-10-11-12-13-14-15-17(22)16-19(20,21)18(23)24-2/h17H,3-16H2,1-2H3. The van der Waals surface area contributed by atoms with E-state index in [2.05, 4.69) is 11.7 Å². The second-order valence-electron chi connectivity index (χ2n) is 6.68. The Hall–Kier alpha value is 0.0600. The number of carbonyl (C=O) groups excluding carboxylic acids is 1. The molecule has 0 aliphatic rings. The number of hydrogen-bond acceptors (Lipinski definition) is 2. The van der Waals surface area contributed by atoms with Crippen molar-refractivity contribution in [3.8, 4) is 0 Å². The van der Waals surface area contributed by atoms with Gasteiger partial charge in [0.1, 0.15) is 0 Å². The number of alkyl halides is 3. The predicted octanol–water partition coefficient (Wildman–Crippen LogP) is 7.08. The number of rotatable bonds is 16. The monoisotopic (exact) mass is 460 g/mol. The van der Waals surface area contributed by atoms with Gasteiger partial charge in [-0.1, -0.05) is 107 Å². The molecule has 0 radical (unpaired) electrons. The molecule has 0 N–H and O–H groups in total. The summed E-state index contributed by atoms with van der Waals surface area (Å²) in [4.78, 5) is 11.0. The molecule has 0 aliphatic heterocycles. The first kappa shape index (κ1) is 24.1. The summed E-state index contributed by atoms with van der Waals surface area (Å²) < 4.78 is 30.8. The van der Waals surface area contributed by atoms with Crippen LogP contribution in [0.2, 0.25) is 0 Å². The van der Waals surface area contributed by atoms with Gasteiger partial charge in [-0.2, -0.15) is 8.78 Å². The Kier molecular flexibility index (Phi) is 15.4. The van der Waals surface area contributed by atoms with Crippen LogP contribution in [-0.4, -0.2) is 22.9 Å². The number of ether oxygens (including phenoxy) is 1. The lowest BCUT2D eigenvalue weighted by atomic mass is 10.0. The normalized spacial score (nSPS) is 13.0. The van der Waals surface area contributed by atoms with Gasteiger partial charge in [-0.05, 0) is 6.42 Å². The molecule has 2 nitrogen and oxygen atoms in total. The molecule has 0 aromatic heterocycles. The summed E-state index contributed by atoms with van der Waals surface area (Å²) in [6, 6.07) is 0. The summed E-state index contributed by atoms with van der Waals surface area (Å²) in [7, 11) is 1.00. The smallest absolute Gasteiger partial charge is 0.376 e. The molecule has 0 fully saturated rings. The van der Waals surface area contributed by atoms with Gasteiger partial charge >= 0.3 is 11.9 Å². The first-order valence-electron chi connectivity index (χ1n) is 9.54. The minimum Gasteiger partial charge on any atom is -0.465 e. The van der Waals surface area contributed by atoms with Gasteiger partial charge in [-0.3, -0.25) is 0 Å². The molecule has 0 rings (SSSR count). The van der Waals surface area contributed by atoms with E-state index in [0.29, 0.717) is 0 Å². The van der Waals surface area contributed by atoms with Crippen molar-refractivity contribution in [2.24, 2.45) is 0 Å². The maximum Gasteiger partial charge on any atom is 0.376 e. The van der Waals surface area contributed by atoms with Gasteiger partial charge in [0.2, 0.25) is 0 Å². The van der Waals surface area contributed by atoms with Crippen LogP contribution in [0.25, 0.3) is 0 Å². The van der Waals surface area contributed by atoms with Crippen molar-refractivity contribution in [1.29, 1.82) is 0 Å². The quantitative estimate of drug-likeness (QED) is 0.107. The van der Waals surface area contributed by atoms with Crippen molar-refractivity contribution < 1.29 is 18.3 Å². The van der Waals surface area contributed by atoms with Gasteiger partial charge in [0.15, 0.2) is 0 Å². The molecular formula is C19H35F2IO2. The van der Waals surface area contributed by atoms with E-state index in [0.717, 1.165) is 26.4 Å². The van der Waals surface area contributed by atoms with Crippen LogP contribution in [0.15, 0.2) is 0 Å². The lowest BCUT2D eigenvalue weighted by Crippen LogP contribution is -2.32. The molecule has 24 heavy (non-hydrogen) atoms. The van der Waals surface area contributed by atoms with Crippen molar-refractivity contribution in [2.45, 2.75) is 107 Å². The fourth-order valence-corrected chi connectivity index (χ4v) is 3.81. The van der Waals surface area contributed by atoms with Crippen LogP contribution in [-0.2, 0) is 9.53 Å². The summed E-state index contributed by atoms with van der Waals surface area (Å²) >= 11 is 2.02. The van der Waals surface area contributed by atoms with Crippen molar-refractivity contribution in [3.63, 3.8) is 0 Å². The molecule has 144 valence electrons. The van der Waals surface area contributed by atoms with E-state index >= 15 is 0 Å². The fourth-order valence-electron chi connectivity index (χ4n) is 2.82. The van der Waals surface area contributed by atoms with Crippen molar-refractivity contribution in [2.75, 3.05) is 7.11 Å². The SMILES string of the molecule is CCCCCCCCCCCCCCC(I)CC(F)(F)C(=O)OC. The highest BCUT2D eigenvalue weighted by Crippen LogP contribution is 2.28. The molecule has 0 heterocycles. The van der Waals surface area contributed by atoms with E-state index in [1.807, 2.05) is 22.6 Å². The van der Waals surface area contributed by atoms with Crippen molar-refractivity contribution >= 4 is 28.6 Å². The van der Waals surface area contributed by atoms with Crippen LogP contribution in [0.3, 0.4) is 0 Å². The Morgan fingerprint density at radius 1 is 0.917 bits per heavy atom. The summed E-state index contributed by atoms with van der Waals surface area (Å²) in [6.45, 7) is 2.24. The number of esters is 1. The molecule has 0 aliphatic carbocycles. The average molecular weight is 460 g/mol. The Morgan fingerprint density at radius 2 is 1.33 bits per heavy atom. The minimum absolute atomic E-state index is 0.181. The van der Waals surface area contributed by atoms with Gasteiger partial charge in [-0.15, -0.1) is 0 Å². The summed E-state index contributed by atoms with van der Waals surface area (Å²) in [5.41, 5.74) is 0. The highest BCUT2D eigenvalue weighted by atomic mass is 127. The number of carbonyl (C=O) groups is 1. The van der Waals surface area contributed by atoms with Crippen LogP contribution in [0.1, 0.15) is 96.8 Å². The fraction of sp³-hybridized carbons (Fsp3) is 0.947. The molecule has 0 spiro atoms. The maximum absolute atomic E-state index is 13.4. The van der Waals surface area contributed by atoms with Crippen LogP contribution in [0.4, 0.5) is 8.78 Å². The van der Waals surface area contributed by atoms with Crippen molar-refractivity contribution in [3.05, 3.63) is 0 Å². The van der Waals surface area contributed by atoms with Gasteiger partial charge in [-0.25, -0.2) is 4.79 Å². The maximum atomic E-state index is 13.4. The Labute approximate surface area is 160 Å². The van der Waals surface area contributed by atoms with Crippen LogP contribution in [0.5, 0.6) is 0 Å². The molecule has 0 amide bonds. The van der Waals surface area contributed by atoms with Crippen LogP contribution >= 0.6 is 22.6 Å². The third-order valence-electron chi connectivity index (χ3n) is 4.33. The summed E-state index contributed by atoms with van der Waals surface area (Å²) in [5, 5.41) is 0. The Morgan fingerprint density at radius 3 is 1.75 bits per heavy atom. The molecule has 0 bridgehead atoms. The number of methoxy groups -OCH3 is 1. The Balaban J connectivity index is 3.42. The zero-order chi connectivity index (χ0) is 18.3. The van der Waals surface area contributed by atoms with E-state index in [4.69, 9.17) is 0 Å². The van der Waals surface area contributed by atoms with Gasteiger partial charge in [0.05, 0.1) is 7.11 Å². The van der Waals surface area contributed by atoms with E-state index in [1.54, 1.807) is 0 Å². The van der Waals surface area contributed by atoms with Crippen molar-refractivity contribution in [1.82, 2.24) is 0 Å². The number of halogens is 3. The zero-order valence-electron chi connectivity index (χ0n) is 15.4. The summed E-state index contributed by atoms with van der Waals surface area (Å²) in [6.07, 6.45) is 15.6. The predicted molar refractivity (Wildman–Crippen MR) is 105 cm³/mol. The molecule has 5 heteroatoms. The summed E-state index contributed by atoms with van der Waals surface area (Å²) in [5.74, 6) is -4.77. The first-order chi connectivity index (χ1) is 11.4. The second kappa shape index (κ2) is 15.3. The highest BCUT2D eigenvalue weighted by Gasteiger charge is 2.41. The molecule has 0 saturated carbocycles. The molecular weight excluding hydrogens is 425 g/mol. The van der Waals surface area contributed by atoms with E-state index < -0.39 is 18.3 Å². The van der Waals surface area contributed by atoms with E-state index in [9.17, 15) is 13.6 Å². The van der Waals surface area contributed by atoms with Gasteiger partial charge in [0.25, 0.3) is 0 Å². The average Bonchev–Trinajstić information content (AvgIpc) is 2.54. The molecule has 0 saturated heterocycles. The topological polar surface area (TPSA) is 26.3 Å². The third kappa shape index (κ3) is 13.4. The molecule has 1 atom stereocenters. The lowest BCUT2D eigenvalue weighted by molar-refractivity contribution is -0.169. The van der Waals surface area contributed by atoms with E-state index in [-0.39, 0.29) is 3.92 Å². The zero-order valence-corrected chi connectivity index (χ0v) is 17.6. The molecule has 0 aromatic carbocycles. The number of unbranched alkanes of at least 4 members (excludes halogenated alkanes) is 11. The van der Waals surface area contributed by atoms with Gasteiger partial charge < -0.3 is 4.74 Å². The van der Waals surface area contributed by atoms with Gasteiger partial charge in [0, 0.05) is 10.3 Å². The first-order valence-corrected chi connectivity index (χ1v) is 10.8. The van der Waals surface area contributed by atoms with Crippen LogP contribution < -0.4 is 0 Å². The number of hydrogen-bond donors (Lipinski definition) is 0. The van der Waals surface area contributed by atoms with Crippen LogP contribution in [0, 0.1) is 0 Å². The Bertz CT molecular complexity index is 312. The minimum atomic E-state index is -3.35. The van der Waals surface area contributed by atoms with E-state index in [1.165, 1.54) is 64.2 Å². The third-order valence-corrected chi connectivity index (χ3v) is 5.40.